The fraction of sp³-hybridized carbons (Fsp3) is 0.312. The van der Waals surface area contributed by atoms with Gasteiger partial charge < -0.3 is 9.15 Å². The SMILES string of the molecule is CCCCOc1ccc(/C=N/Nc2oc(C)nc2C#N)cc1. The number of anilines is 1. The molecule has 6 nitrogen and oxygen atoms in total. The standard InChI is InChI=1S/C16H18N4O2/c1-3-4-9-21-14-7-5-13(6-8-14)11-18-20-16-15(10-17)19-12(2)22-16/h5-8,11,20H,3-4,9H2,1-2H3/b18-11+. The predicted molar refractivity (Wildman–Crippen MR) is 84.0 cm³/mol. The summed E-state index contributed by atoms with van der Waals surface area (Å²) in [7, 11) is 0. The Morgan fingerprint density at radius 3 is 2.86 bits per heavy atom. The molecule has 2 aromatic rings. The Bertz CT molecular complexity index is 668. The molecule has 0 bridgehead atoms. The van der Waals surface area contributed by atoms with Gasteiger partial charge in [0.15, 0.2) is 5.89 Å². The summed E-state index contributed by atoms with van der Waals surface area (Å²) in [5, 5.41) is 12.9. The molecule has 0 unspecified atom stereocenters. The minimum Gasteiger partial charge on any atom is -0.494 e. The van der Waals surface area contributed by atoms with Gasteiger partial charge in [-0.1, -0.05) is 13.3 Å². The normalized spacial score (nSPS) is 10.6. The molecule has 0 saturated heterocycles. The van der Waals surface area contributed by atoms with Crippen LogP contribution >= 0.6 is 0 Å². The lowest BCUT2D eigenvalue weighted by Crippen LogP contribution is -1.96. The third-order valence-corrected chi connectivity index (χ3v) is 2.87. The highest BCUT2D eigenvalue weighted by atomic mass is 16.5. The number of rotatable bonds is 7. The van der Waals surface area contributed by atoms with Crippen LogP contribution in [0.1, 0.15) is 36.9 Å². The minimum atomic E-state index is 0.189. The maximum absolute atomic E-state index is 8.89. The molecule has 1 heterocycles. The van der Waals surface area contributed by atoms with Crippen LogP contribution in [0.15, 0.2) is 33.8 Å². The van der Waals surface area contributed by atoms with Gasteiger partial charge >= 0.3 is 0 Å². The van der Waals surface area contributed by atoms with Gasteiger partial charge in [0.1, 0.15) is 11.8 Å². The quantitative estimate of drug-likeness (QED) is 0.480. The monoisotopic (exact) mass is 298 g/mol. The lowest BCUT2D eigenvalue weighted by molar-refractivity contribution is 0.309. The summed E-state index contributed by atoms with van der Waals surface area (Å²) in [5.41, 5.74) is 3.77. The van der Waals surface area contributed by atoms with Gasteiger partial charge in [-0.3, -0.25) is 0 Å². The van der Waals surface area contributed by atoms with Crippen molar-refractivity contribution in [3.63, 3.8) is 0 Å². The second-order valence-electron chi connectivity index (χ2n) is 4.66. The van der Waals surface area contributed by atoms with Gasteiger partial charge in [0.05, 0.1) is 12.8 Å². The summed E-state index contributed by atoms with van der Waals surface area (Å²) in [4.78, 5) is 3.92. The molecular weight excluding hydrogens is 280 g/mol. The fourth-order valence-electron chi connectivity index (χ4n) is 1.73. The van der Waals surface area contributed by atoms with E-state index in [0.29, 0.717) is 5.89 Å². The summed E-state index contributed by atoms with van der Waals surface area (Å²) in [6.07, 6.45) is 3.79. The molecule has 1 aromatic carbocycles. The lowest BCUT2D eigenvalue weighted by Gasteiger charge is -2.04. The van der Waals surface area contributed by atoms with Crippen LogP contribution in [0.25, 0.3) is 0 Å². The van der Waals surface area contributed by atoms with E-state index < -0.39 is 0 Å². The number of aryl methyl sites for hydroxylation is 1. The van der Waals surface area contributed by atoms with Crippen molar-refractivity contribution in [1.82, 2.24) is 4.98 Å². The zero-order valence-electron chi connectivity index (χ0n) is 12.7. The molecule has 0 amide bonds. The summed E-state index contributed by atoms with van der Waals surface area (Å²) < 4.78 is 10.8. The first-order valence-electron chi connectivity index (χ1n) is 7.12. The van der Waals surface area contributed by atoms with Crippen LogP contribution in [0.4, 0.5) is 5.88 Å². The highest BCUT2D eigenvalue weighted by Crippen LogP contribution is 2.16. The molecule has 114 valence electrons. The average Bonchev–Trinajstić information content (AvgIpc) is 2.89. The second kappa shape index (κ2) is 7.84. The van der Waals surface area contributed by atoms with Crippen molar-refractivity contribution in [3.8, 4) is 11.8 Å². The summed E-state index contributed by atoms with van der Waals surface area (Å²) in [5.74, 6) is 1.51. The molecule has 0 aliphatic rings. The largest absolute Gasteiger partial charge is 0.494 e. The number of ether oxygens (including phenoxy) is 1. The van der Waals surface area contributed by atoms with Gasteiger partial charge in [-0.05, 0) is 36.2 Å². The van der Waals surface area contributed by atoms with E-state index in [1.54, 1.807) is 13.1 Å². The molecule has 0 fully saturated rings. The van der Waals surface area contributed by atoms with Crippen molar-refractivity contribution >= 4 is 12.1 Å². The Hall–Kier alpha value is -2.81. The smallest absolute Gasteiger partial charge is 0.252 e. The molecule has 2 rings (SSSR count). The molecule has 0 aliphatic heterocycles. The predicted octanol–water partition coefficient (Wildman–Crippen LogP) is 3.48. The number of benzene rings is 1. The third-order valence-electron chi connectivity index (χ3n) is 2.87. The number of hydrazone groups is 1. The Kier molecular flexibility index (Phi) is 5.55. The molecule has 0 saturated carbocycles. The fourth-order valence-corrected chi connectivity index (χ4v) is 1.73. The van der Waals surface area contributed by atoms with E-state index in [2.05, 4.69) is 22.4 Å². The number of aromatic nitrogens is 1. The number of oxazole rings is 1. The van der Waals surface area contributed by atoms with Crippen LogP contribution in [-0.2, 0) is 0 Å². The molecule has 0 atom stereocenters. The van der Waals surface area contributed by atoms with Gasteiger partial charge in [0.25, 0.3) is 5.88 Å². The van der Waals surface area contributed by atoms with Crippen LogP contribution in [-0.4, -0.2) is 17.8 Å². The van der Waals surface area contributed by atoms with E-state index in [1.807, 2.05) is 30.3 Å². The van der Waals surface area contributed by atoms with Crippen molar-refractivity contribution in [2.45, 2.75) is 26.7 Å². The Balaban J connectivity index is 1.91. The van der Waals surface area contributed by atoms with Crippen molar-refractivity contribution in [2.75, 3.05) is 12.0 Å². The van der Waals surface area contributed by atoms with Crippen molar-refractivity contribution in [2.24, 2.45) is 5.10 Å². The van der Waals surface area contributed by atoms with E-state index in [1.165, 1.54) is 0 Å². The molecule has 0 spiro atoms. The zero-order valence-corrected chi connectivity index (χ0v) is 12.7. The first kappa shape index (κ1) is 15.6. The summed E-state index contributed by atoms with van der Waals surface area (Å²) in [6, 6.07) is 9.55. The van der Waals surface area contributed by atoms with Crippen LogP contribution in [0.3, 0.4) is 0 Å². The molecule has 0 radical (unpaired) electrons. The molecule has 22 heavy (non-hydrogen) atoms. The Morgan fingerprint density at radius 2 is 2.18 bits per heavy atom. The van der Waals surface area contributed by atoms with Crippen LogP contribution in [0.5, 0.6) is 5.75 Å². The second-order valence-corrected chi connectivity index (χ2v) is 4.66. The van der Waals surface area contributed by atoms with Gasteiger partial charge in [0.2, 0.25) is 5.69 Å². The van der Waals surface area contributed by atoms with Gasteiger partial charge in [-0.2, -0.15) is 10.4 Å². The number of unbranched alkanes of at least 4 members (excludes halogenated alkanes) is 1. The van der Waals surface area contributed by atoms with Crippen LogP contribution < -0.4 is 10.2 Å². The van der Waals surface area contributed by atoms with E-state index in [4.69, 9.17) is 14.4 Å². The lowest BCUT2D eigenvalue weighted by atomic mass is 10.2. The average molecular weight is 298 g/mol. The van der Waals surface area contributed by atoms with Gasteiger partial charge in [-0.25, -0.2) is 10.4 Å². The first-order chi connectivity index (χ1) is 10.7. The number of hydrogen-bond acceptors (Lipinski definition) is 6. The van der Waals surface area contributed by atoms with Crippen LogP contribution in [0, 0.1) is 18.3 Å². The number of nitrogens with zero attached hydrogens (tertiary/aromatic N) is 3. The van der Waals surface area contributed by atoms with Crippen molar-refractivity contribution in [3.05, 3.63) is 41.4 Å². The number of nitriles is 1. The topological polar surface area (TPSA) is 83.4 Å². The van der Waals surface area contributed by atoms with E-state index in [9.17, 15) is 0 Å². The molecular formula is C16H18N4O2. The minimum absolute atomic E-state index is 0.189. The van der Waals surface area contributed by atoms with Crippen molar-refractivity contribution < 1.29 is 9.15 Å². The van der Waals surface area contributed by atoms with Gasteiger partial charge in [-0.15, -0.1) is 0 Å². The molecule has 6 heteroatoms. The maximum atomic E-state index is 8.89. The summed E-state index contributed by atoms with van der Waals surface area (Å²) in [6.45, 7) is 4.53. The molecule has 1 N–H and O–H groups in total. The Morgan fingerprint density at radius 1 is 1.41 bits per heavy atom. The third kappa shape index (κ3) is 4.35. The van der Waals surface area contributed by atoms with E-state index >= 15 is 0 Å². The Labute approximate surface area is 129 Å². The zero-order chi connectivity index (χ0) is 15.8. The molecule has 0 aliphatic carbocycles. The van der Waals surface area contributed by atoms with E-state index in [0.717, 1.165) is 30.8 Å². The molecule has 1 aromatic heterocycles. The van der Waals surface area contributed by atoms with Crippen LogP contribution in [0.2, 0.25) is 0 Å². The number of hydrogen-bond donors (Lipinski definition) is 1. The number of nitrogens with one attached hydrogen (secondary N) is 1. The first-order valence-corrected chi connectivity index (χ1v) is 7.12. The van der Waals surface area contributed by atoms with E-state index in [-0.39, 0.29) is 11.6 Å². The summed E-state index contributed by atoms with van der Waals surface area (Å²) >= 11 is 0. The van der Waals surface area contributed by atoms with Gasteiger partial charge in [0, 0.05) is 6.92 Å². The highest BCUT2D eigenvalue weighted by molar-refractivity contribution is 5.80. The van der Waals surface area contributed by atoms with Crippen molar-refractivity contribution in [1.29, 1.82) is 5.26 Å². The maximum Gasteiger partial charge on any atom is 0.252 e. The highest BCUT2D eigenvalue weighted by Gasteiger charge is 2.08.